The lowest BCUT2D eigenvalue weighted by Gasteiger charge is -2.09. The fraction of sp³-hybridized carbons (Fsp3) is 0.316. The Morgan fingerprint density at radius 2 is 1.67 bits per heavy atom. The van der Waals surface area contributed by atoms with Crippen molar-refractivity contribution in [2.45, 2.75) is 17.7 Å². The number of carbonyl (C=O) groups is 1. The van der Waals surface area contributed by atoms with Crippen molar-refractivity contribution in [3.63, 3.8) is 0 Å². The molecule has 2 N–H and O–H groups in total. The van der Waals surface area contributed by atoms with E-state index in [0.29, 0.717) is 25.3 Å². The van der Waals surface area contributed by atoms with E-state index >= 15 is 0 Å². The normalized spacial score (nSPS) is 11.2. The van der Waals surface area contributed by atoms with Gasteiger partial charge in [-0.15, -0.1) is 0 Å². The molecule has 0 heterocycles. The number of hydrogen-bond acceptors (Lipinski definition) is 5. The minimum Gasteiger partial charge on any atom is -0.497 e. The standard InChI is InChI=1S/C19H24N2O5S/c1-25-13-3-12-20-27(23,24)18-10-6-16(7-11-18)21-19(22)14-15-4-8-17(26-2)9-5-15/h4-11,20H,3,12-14H2,1-2H3,(H,21,22). The SMILES string of the molecule is COCCCNS(=O)(=O)c1ccc(NC(=O)Cc2ccc(OC)cc2)cc1. The number of anilines is 1. The number of ether oxygens (including phenoxy) is 2. The minimum atomic E-state index is -3.57. The lowest BCUT2D eigenvalue weighted by molar-refractivity contribution is -0.115. The van der Waals surface area contributed by atoms with Gasteiger partial charge in [-0.05, 0) is 48.4 Å². The molecule has 146 valence electrons. The van der Waals surface area contributed by atoms with Crippen LogP contribution < -0.4 is 14.8 Å². The van der Waals surface area contributed by atoms with Crippen molar-refractivity contribution in [2.24, 2.45) is 0 Å². The van der Waals surface area contributed by atoms with Crippen LogP contribution in [0.4, 0.5) is 5.69 Å². The van der Waals surface area contributed by atoms with E-state index in [2.05, 4.69) is 10.0 Å². The quantitative estimate of drug-likeness (QED) is 0.605. The maximum Gasteiger partial charge on any atom is 0.240 e. The summed E-state index contributed by atoms with van der Waals surface area (Å²) >= 11 is 0. The van der Waals surface area contributed by atoms with Crippen LogP contribution in [0.5, 0.6) is 5.75 Å². The number of sulfonamides is 1. The van der Waals surface area contributed by atoms with E-state index in [0.717, 1.165) is 11.3 Å². The van der Waals surface area contributed by atoms with Gasteiger partial charge in [0.1, 0.15) is 5.75 Å². The van der Waals surface area contributed by atoms with Crippen LogP contribution in [0.1, 0.15) is 12.0 Å². The molecule has 0 atom stereocenters. The van der Waals surface area contributed by atoms with E-state index in [1.54, 1.807) is 38.5 Å². The summed E-state index contributed by atoms with van der Waals surface area (Å²) in [5.41, 5.74) is 1.39. The molecule has 0 aromatic heterocycles. The van der Waals surface area contributed by atoms with Gasteiger partial charge in [0.15, 0.2) is 0 Å². The summed E-state index contributed by atoms with van der Waals surface area (Å²) < 4.78 is 36.8. The average molecular weight is 392 g/mol. The summed E-state index contributed by atoms with van der Waals surface area (Å²) in [4.78, 5) is 12.3. The number of nitrogens with one attached hydrogen (secondary N) is 2. The largest absolute Gasteiger partial charge is 0.497 e. The van der Waals surface area contributed by atoms with Crippen LogP contribution in [0.15, 0.2) is 53.4 Å². The molecule has 0 aliphatic heterocycles. The number of benzene rings is 2. The maximum absolute atomic E-state index is 12.2. The van der Waals surface area contributed by atoms with Crippen LogP contribution in [0.3, 0.4) is 0 Å². The Bertz CT molecular complexity index is 833. The molecule has 0 bridgehead atoms. The molecule has 0 spiro atoms. The van der Waals surface area contributed by atoms with E-state index < -0.39 is 10.0 Å². The van der Waals surface area contributed by atoms with Gasteiger partial charge in [0, 0.05) is 25.9 Å². The summed E-state index contributed by atoms with van der Waals surface area (Å²) in [6, 6.07) is 13.3. The molecule has 2 rings (SSSR count). The van der Waals surface area contributed by atoms with E-state index in [1.165, 1.54) is 12.1 Å². The van der Waals surface area contributed by atoms with Gasteiger partial charge >= 0.3 is 0 Å². The third kappa shape index (κ3) is 6.67. The first-order valence-corrected chi connectivity index (χ1v) is 9.94. The monoisotopic (exact) mass is 392 g/mol. The summed E-state index contributed by atoms with van der Waals surface area (Å²) in [6.07, 6.45) is 0.806. The van der Waals surface area contributed by atoms with Crippen LogP contribution in [-0.2, 0) is 26.0 Å². The Balaban J connectivity index is 1.91. The Labute approximate surface area is 159 Å². The van der Waals surface area contributed by atoms with Crippen molar-refractivity contribution in [1.82, 2.24) is 4.72 Å². The molecule has 0 saturated carbocycles. The Morgan fingerprint density at radius 1 is 1.00 bits per heavy atom. The van der Waals surface area contributed by atoms with Crippen molar-refractivity contribution in [2.75, 3.05) is 32.7 Å². The number of carbonyl (C=O) groups excluding carboxylic acids is 1. The fourth-order valence-corrected chi connectivity index (χ4v) is 3.43. The van der Waals surface area contributed by atoms with Gasteiger partial charge < -0.3 is 14.8 Å². The Hall–Kier alpha value is -2.42. The highest BCUT2D eigenvalue weighted by Gasteiger charge is 2.13. The van der Waals surface area contributed by atoms with Crippen LogP contribution in [0.2, 0.25) is 0 Å². The summed E-state index contributed by atoms with van der Waals surface area (Å²) in [7, 11) is -0.422. The smallest absolute Gasteiger partial charge is 0.240 e. The first-order chi connectivity index (χ1) is 12.9. The molecule has 0 aliphatic rings. The van der Waals surface area contributed by atoms with Gasteiger partial charge in [-0.2, -0.15) is 0 Å². The van der Waals surface area contributed by atoms with E-state index in [-0.39, 0.29) is 17.2 Å². The lowest BCUT2D eigenvalue weighted by atomic mass is 10.1. The molecule has 2 aromatic carbocycles. The van der Waals surface area contributed by atoms with E-state index in [1.807, 2.05) is 12.1 Å². The number of hydrogen-bond donors (Lipinski definition) is 2. The zero-order valence-electron chi connectivity index (χ0n) is 15.4. The number of amides is 1. The molecule has 27 heavy (non-hydrogen) atoms. The van der Waals surface area contributed by atoms with Crippen LogP contribution in [-0.4, -0.2) is 41.7 Å². The third-order valence-corrected chi connectivity index (χ3v) is 5.27. The molecule has 1 amide bonds. The van der Waals surface area contributed by atoms with Crippen LogP contribution in [0, 0.1) is 0 Å². The van der Waals surface area contributed by atoms with Gasteiger partial charge in [-0.25, -0.2) is 13.1 Å². The van der Waals surface area contributed by atoms with Crippen molar-refractivity contribution < 1.29 is 22.7 Å². The predicted octanol–water partition coefficient (Wildman–Crippen LogP) is 2.19. The van der Waals surface area contributed by atoms with Crippen molar-refractivity contribution in [3.8, 4) is 5.75 Å². The lowest BCUT2D eigenvalue weighted by Crippen LogP contribution is -2.25. The van der Waals surface area contributed by atoms with Gasteiger partial charge in [0.2, 0.25) is 15.9 Å². The number of methoxy groups -OCH3 is 2. The number of rotatable bonds is 10. The van der Waals surface area contributed by atoms with E-state index in [9.17, 15) is 13.2 Å². The molecule has 0 unspecified atom stereocenters. The van der Waals surface area contributed by atoms with Crippen molar-refractivity contribution >= 4 is 21.6 Å². The fourth-order valence-electron chi connectivity index (χ4n) is 2.36. The zero-order chi connectivity index (χ0) is 19.7. The molecule has 0 fully saturated rings. The highest BCUT2D eigenvalue weighted by Crippen LogP contribution is 2.15. The Morgan fingerprint density at radius 3 is 2.26 bits per heavy atom. The first-order valence-electron chi connectivity index (χ1n) is 8.46. The summed E-state index contributed by atoms with van der Waals surface area (Å²) in [5, 5.41) is 2.76. The second kappa shape index (κ2) is 10.1. The summed E-state index contributed by atoms with van der Waals surface area (Å²) in [6.45, 7) is 0.790. The molecule has 8 heteroatoms. The molecule has 7 nitrogen and oxygen atoms in total. The van der Waals surface area contributed by atoms with Crippen molar-refractivity contribution in [1.29, 1.82) is 0 Å². The molecule has 0 aliphatic carbocycles. The summed E-state index contributed by atoms with van der Waals surface area (Å²) in [5.74, 6) is 0.542. The molecule has 2 aromatic rings. The topological polar surface area (TPSA) is 93.7 Å². The highest BCUT2D eigenvalue weighted by molar-refractivity contribution is 7.89. The van der Waals surface area contributed by atoms with Crippen LogP contribution >= 0.6 is 0 Å². The van der Waals surface area contributed by atoms with Gasteiger partial charge in [-0.3, -0.25) is 4.79 Å². The van der Waals surface area contributed by atoms with Crippen LogP contribution in [0.25, 0.3) is 0 Å². The molecule has 0 saturated heterocycles. The van der Waals surface area contributed by atoms with E-state index in [4.69, 9.17) is 9.47 Å². The zero-order valence-corrected chi connectivity index (χ0v) is 16.2. The molecular formula is C19H24N2O5S. The predicted molar refractivity (Wildman–Crippen MR) is 103 cm³/mol. The maximum atomic E-state index is 12.2. The molecular weight excluding hydrogens is 368 g/mol. The molecule has 0 radical (unpaired) electrons. The first kappa shape index (κ1) is 20.9. The highest BCUT2D eigenvalue weighted by atomic mass is 32.2. The average Bonchev–Trinajstić information content (AvgIpc) is 2.66. The second-order valence-corrected chi connectivity index (χ2v) is 7.61. The Kier molecular flexibility index (Phi) is 7.78. The van der Waals surface area contributed by atoms with Crippen molar-refractivity contribution in [3.05, 3.63) is 54.1 Å². The van der Waals surface area contributed by atoms with Gasteiger partial charge in [0.05, 0.1) is 18.4 Å². The minimum absolute atomic E-state index is 0.146. The second-order valence-electron chi connectivity index (χ2n) is 5.84. The third-order valence-electron chi connectivity index (χ3n) is 3.79. The van der Waals surface area contributed by atoms with Gasteiger partial charge in [0.25, 0.3) is 0 Å². The van der Waals surface area contributed by atoms with Gasteiger partial charge in [-0.1, -0.05) is 12.1 Å².